The first kappa shape index (κ1) is 24.9. The van der Waals surface area contributed by atoms with Crippen LogP contribution in [0, 0.1) is 13.8 Å². The molecule has 39 heavy (non-hydrogen) atoms. The minimum Gasteiger partial charge on any atom is -0.494 e. The van der Waals surface area contributed by atoms with Gasteiger partial charge >= 0.3 is 0 Å². The predicted octanol–water partition coefficient (Wildman–Crippen LogP) is 4.70. The van der Waals surface area contributed by atoms with E-state index in [1.165, 1.54) is 0 Å². The topological polar surface area (TPSA) is 97.6 Å². The molecule has 1 spiro atoms. The molecule has 1 amide bonds. The third kappa shape index (κ3) is 4.26. The van der Waals surface area contributed by atoms with Crippen LogP contribution in [0.3, 0.4) is 0 Å². The SMILES string of the molecule is COc1cc(Nc2ncc3c(n2)N(C)C2(CCOCC2)C(=O)N3c2ccc(C)cc2)ccc1-n1cnc(C)c1. The molecule has 2 aromatic carbocycles. The number of likely N-dealkylation sites (N-methyl/N-ethyl adjacent to an activating group) is 1. The summed E-state index contributed by atoms with van der Waals surface area (Å²) in [5.74, 6) is 1.81. The molecule has 2 aromatic heterocycles. The van der Waals surface area contributed by atoms with Gasteiger partial charge in [-0.15, -0.1) is 0 Å². The highest BCUT2D eigenvalue weighted by molar-refractivity contribution is 6.12. The van der Waals surface area contributed by atoms with Crippen LogP contribution in [0.5, 0.6) is 5.75 Å². The van der Waals surface area contributed by atoms with Crippen molar-refractivity contribution in [3.05, 3.63) is 72.4 Å². The first-order chi connectivity index (χ1) is 18.9. The smallest absolute Gasteiger partial charge is 0.257 e. The van der Waals surface area contributed by atoms with Crippen molar-refractivity contribution in [1.29, 1.82) is 0 Å². The second-order valence-corrected chi connectivity index (χ2v) is 10.0. The number of fused-ring (bicyclic) bond motifs is 1. The summed E-state index contributed by atoms with van der Waals surface area (Å²) in [7, 11) is 3.58. The monoisotopic (exact) mass is 525 g/mol. The number of nitrogens with zero attached hydrogens (tertiary/aromatic N) is 6. The fourth-order valence-corrected chi connectivity index (χ4v) is 5.35. The largest absolute Gasteiger partial charge is 0.494 e. The van der Waals surface area contributed by atoms with Gasteiger partial charge in [-0.05, 0) is 38.1 Å². The van der Waals surface area contributed by atoms with Gasteiger partial charge in [-0.25, -0.2) is 9.97 Å². The van der Waals surface area contributed by atoms with Gasteiger partial charge in [0.15, 0.2) is 5.82 Å². The van der Waals surface area contributed by atoms with E-state index in [1.54, 1.807) is 24.5 Å². The maximum Gasteiger partial charge on any atom is 0.257 e. The molecule has 0 saturated carbocycles. The van der Waals surface area contributed by atoms with Crippen LogP contribution in [0.1, 0.15) is 24.1 Å². The van der Waals surface area contributed by atoms with E-state index >= 15 is 0 Å². The molecule has 0 radical (unpaired) electrons. The van der Waals surface area contributed by atoms with Crippen LogP contribution in [0.4, 0.5) is 28.8 Å². The number of nitrogens with one attached hydrogen (secondary N) is 1. The van der Waals surface area contributed by atoms with Crippen molar-refractivity contribution in [2.45, 2.75) is 32.2 Å². The van der Waals surface area contributed by atoms with Crippen LogP contribution in [0.15, 0.2) is 61.2 Å². The number of amides is 1. The molecule has 0 aliphatic carbocycles. The van der Waals surface area contributed by atoms with Crippen molar-refractivity contribution in [1.82, 2.24) is 19.5 Å². The van der Waals surface area contributed by atoms with E-state index in [0.717, 1.165) is 28.3 Å². The maximum absolute atomic E-state index is 14.1. The summed E-state index contributed by atoms with van der Waals surface area (Å²) in [4.78, 5) is 31.7. The molecule has 10 nitrogen and oxygen atoms in total. The Morgan fingerprint density at radius 3 is 2.49 bits per heavy atom. The zero-order valence-electron chi connectivity index (χ0n) is 22.5. The molecule has 1 N–H and O–H groups in total. The number of anilines is 5. The van der Waals surface area contributed by atoms with Crippen LogP contribution in [-0.2, 0) is 9.53 Å². The predicted molar refractivity (Wildman–Crippen MR) is 150 cm³/mol. The van der Waals surface area contributed by atoms with Gasteiger partial charge in [0.25, 0.3) is 5.91 Å². The van der Waals surface area contributed by atoms with Crippen LogP contribution < -0.4 is 19.9 Å². The Balaban J connectivity index is 1.38. The third-order valence-corrected chi connectivity index (χ3v) is 7.59. The van der Waals surface area contributed by atoms with Gasteiger partial charge in [0, 0.05) is 56.7 Å². The zero-order valence-corrected chi connectivity index (χ0v) is 22.5. The average Bonchev–Trinajstić information content (AvgIpc) is 3.39. The Bertz CT molecular complexity index is 1530. The van der Waals surface area contributed by atoms with Crippen LogP contribution in [0.2, 0.25) is 0 Å². The van der Waals surface area contributed by atoms with E-state index in [0.29, 0.717) is 49.3 Å². The number of hydrogen-bond donors (Lipinski definition) is 1. The molecule has 4 aromatic rings. The van der Waals surface area contributed by atoms with Gasteiger partial charge in [-0.3, -0.25) is 9.69 Å². The summed E-state index contributed by atoms with van der Waals surface area (Å²) in [5, 5.41) is 3.32. The number of hydrogen-bond acceptors (Lipinski definition) is 8. The quantitative estimate of drug-likeness (QED) is 0.401. The first-order valence-corrected chi connectivity index (χ1v) is 13.0. The maximum atomic E-state index is 14.1. The summed E-state index contributed by atoms with van der Waals surface area (Å²) in [6.07, 6.45) is 6.59. The van der Waals surface area contributed by atoms with E-state index in [1.807, 2.05) is 79.0 Å². The van der Waals surface area contributed by atoms with Gasteiger partial charge < -0.3 is 24.3 Å². The third-order valence-electron chi connectivity index (χ3n) is 7.59. The number of carbonyl (C=O) groups excluding carboxylic acids is 1. The summed E-state index contributed by atoms with van der Waals surface area (Å²) in [6, 6.07) is 13.8. The highest BCUT2D eigenvalue weighted by atomic mass is 16.5. The van der Waals surface area contributed by atoms with Crippen LogP contribution in [-0.4, -0.2) is 58.3 Å². The molecule has 0 bridgehead atoms. The molecular weight excluding hydrogens is 494 g/mol. The molecule has 1 fully saturated rings. The summed E-state index contributed by atoms with van der Waals surface area (Å²) < 4.78 is 13.2. The van der Waals surface area contributed by atoms with Gasteiger partial charge in [-0.2, -0.15) is 4.98 Å². The van der Waals surface area contributed by atoms with E-state index in [2.05, 4.69) is 15.3 Å². The minimum absolute atomic E-state index is 0.0176. The van der Waals surface area contributed by atoms with Gasteiger partial charge in [0.05, 0.1) is 31.0 Å². The number of ether oxygens (including phenoxy) is 2. The normalized spacial score (nSPS) is 16.4. The highest BCUT2D eigenvalue weighted by Crippen LogP contribution is 2.46. The van der Waals surface area contributed by atoms with Crippen molar-refractivity contribution in [3.8, 4) is 11.4 Å². The molecule has 0 atom stereocenters. The van der Waals surface area contributed by atoms with Crippen molar-refractivity contribution < 1.29 is 14.3 Å². The number of imidazole rings is 1. The van der Waals surface area contributed by atoms with Crippen LogP contribution >= 0.6 is 0 Å². The van der Waals surface area contributed by atoms with E-state index in [4.69, 9.17) is 14.5 Å². The first-order valence-electron chi connectivity index (χ1n) is 13.0. The molecule has 200 valence electrons. The number of carbonyl (C=O) groups is 1. The van der Waals surface area contributed by atoms with Crippen molar-refractivity contribution >= 4 is 34.7 Å². The van der Waals surface area contributed by atoms with Gasteiger partial charge in [0.2, 0.25) is 5.95 Å². The molecule has 0 unspecified atom stereocenters. The average molecular weight is 526 g/mol. The number of benzene rings is 2. The molecule has 2 aliphatic rings. The lowest BCUT2D eigenvalue weighted by atomic mass is 9.84. The Hall–Kier alpha value is -4.44. The van der Waals surface area contributed by atoms with E-state index < -0.39 is 5.54 Å². The lowest BCUT2D eigenvalue weighted by molar-refractivity contribution is -0.126. The second kappa shape index (κ2) is 9.70. The Morgan fingerprint density at radius 2 is 1.79 bits per heavy atom. The summed E-state index contributed by atoms with van der Waals surface area (Å²) in [6.45, 7) is 5.02. The zero-order chi connectivity index (χ0) is 27.1. The van der Waals surface area contributed by atoms with Crippen molar-refractivity contribution in [3.63, 3.8) is 0 Å². The molecule has 2 aliphatic heterocycles. The molecule has 6 rings (SSSR count). The number of methoxy groups -OCH3 is 1. The number of aryl methyl sites for hydroxylation is 2. The van der Waals surface area contributed by atoms with Gasteiger partial charge in [-0.1, -0.05) is 17.7 Å². The number of aromatic nitrogens is 4. The van der Waals surface area contributed by atoms with Crippen molar-refractivity contribution in [2.24, 2.45) is 0 Å². The fraction of sp³-hybridized carbons (Fsp3) is 0.310. The van der Waals surface area contributed by atoms with Crippen LogP contribution in [0.25, 0.3) is 5.69 Å². The lowest BCUT2D eigenvalue weighted by Crippen LogP contribution is -2.63. The number of rotatable bonds is 5. The molecule has 10 heteroatoms. The molecule has 1 saturated heterocycles. The van der Waals surface area contributed by atoms with Gasteiger partial charge in [0.1, 0.15) is 17.0 Å². The Kier molecular flexibility index (Phi) is 6.19. The standard InChI is InChI=1S/C29H31N7O3/c1-19-5-8-22(9-6-19)36-24-16-30-28(33-26(24)34(3)29(27(36)37)11-13-39-14-12-29)32-21-7-10-23(25(15-21)38-4)35-17-20(2)31-18-35/h5-10,15-18H,11-14H2,1-4H3,(H,30,32,33). The van der Waals surface area contributed by atoms with Crippen molar-refractivity contribution in [2.75, 3.05) is 42.5 Å². The molecular formula is C29H31N7O3. The highest BCUT2D eigenvalue weighted by Gasteiger charge is 2.52. The summed E-state index contributed by atoms with van der Waals surface area (Å²) in [5.41, 5.74) is 4.41. The fourth-order valence-electron chi connectivity index (χ4n) is 5.35. The minimum atomic E-state index is -0.741. The molecule has 4 heterocycles. The lowest BCUT2D eigenvalue weighted by Gasteiger charge is -2.50. The van der Waals surface area contributed by atoms with E-state index in [-0.39, 0.29) is 5.91 Å². The second-order valence-electron chi connectivity index (χ2n) is 10.0. The van der Waals surface area contributed by atoms with E-state index in [9.17, 15) is 4.79 Å². The Labute approximate surface area is 227 Å². The Morgan fingerprint density at radius 1 is 1.03 bits per heavy atom. The summed E-state index contributed by atoms with van der Waals surface area (Å²) >= 11 is 0.